The normalized spacial score (nSPS) is 12.5. The Morgan fingerprint density at radius 2 is 0.963 bits per heavy atom. The zero-order valence-corrected chi connectivity index (χ0v) is 18.4. The number of rotatable bonds is 6. The Labute approximate surface area is 164 Å². The first-order valence-corrected chi connectivity index (χ1v) is 10.9. The van der Waals surface area contributed by atoms with Crippen molar-refractivity contribution in [3.05, 3.63) is 59.7 Å². The van der Waals surface area contributed by atoms with E-state index < -0.39 is 17.2 Å². The van der Waals surface area contributed by atoms with Gasteiger partial charge in [-0.05, 0) is 46.2 Å². The first kappa shape index (κ1) is 22.1. The van der Waals surface area contributed by atoms with Crippen molar-refractivity contribution in [1.29, 1.82) is 0 Å². The molecule has 0 bridgehead atoms. The molecule has 0 heterocycles. The highest BCUT2D eigenvalue weighted by atomic mass is 31.2. The predicted molar refractivity (Wildman–Crippen MR) is 111 cm³/mol. The van der Waals surface area contributed by atoms with Gasteiger partial charge >= 0.3 is 17.2 Å². The van der Waals surface area contributed by atoms with E-state index in [0.717, 1.165) is 0 Å². The summed E-state index contributed by atoms with van der Waals surface area (Å²) in [5.74, 6) is 1.08. The summed E-state index contributed by atoms with van der Waals surface area (Å²) in [5, 5.41) is 0. The molecule has 0 aliphatic carbocycles. The third-order valence-corrected chi connectivity index (χ3v) is 5.78. The quantitative estimate of drug-likeness (QED) is 0.556. The average molecular weight is 410 g/mol. The summed E-state index contributed by atoms with van der Waals surface area (Å²) in [5.41, 5.74) is 2.42. The Bertz CT molecular complexity index is 657. The molecule has 0 atom stereocenters. The lowest BCUT2D eigenvalue weighted by molar-refractivity contribution is 0.333. The number of benzene rings is 2. The van der Waals surface area contributed by atoms with Crippen LogP contribution in [0.4, 0.5) is 0 Å². The third kappa shape index (κ3) is 7.03. The van der Waals surface area contributed by atoms with Crippen LogP contribution >= 0.6 is 17.2 Å². The molecule has 0 radical (unpaired) electrons. The molecule has 5 nitrogen and oxygen atoms in total. The molecule has 2 aromatic carbocycles. The van der Waals surface area contributed by atoms with E-state index in [0.29, 0.717) is 11.5 Å². The summed E-state index contributed by atoms with van der Waals surface area (Å²) in [6, 6.07) is 15.2. The van der Waals surface area contributed by atoms with E-state index in [1.54, 1.807) is 0 Å². The molecule has 2 aromatic rings. The lowest BCUT2D eigenvalue weighted by Crippen LogP contribution is -2.10. The van der Waals surface area contributed by atoms with Crippen LogP contribution in [0.25, 0.3) is 0 Å². The second kappa shape index (κ2) is 8.86. The monoisotopic (exact) mass is 410 g/mol. The van der Waals surface area contributed by atoms with Crippen molar-refractivity contribution in [2.24, 2.45) is 0 Å². The second-order valence-corrected chi connectivity index (χ2v) is 10.3. The summed E-state index contributed by atoms with van der Waals surface area (Å²) in [4.78, 5) is 18.5. The van der Waals surface area contributed by atoms with Gasteiger partial charge < -0.3 is 18.8 Å². The molecule has 0 saturated heterocycles. The van der Waals surface area contributed by atoms with Crippen LogP contribution in [0.15, 0.2) is 48.5 Å². The van der Waals surface area contributed by atoms with Crippen molar-refractivity contribution in [3.63, 3.8) is 0 Å². The molecule has 0 unspecified atom stereocenters. The maximum atomic E-state index is 9.23. The van der Waals surface area contributed by atoms with Gasteiger partial charge in [0, 0.05) is 0 Å². The summed E-state index contributed by atoms with van der Waals surface area (Å²) in [6.07, 6.45) is 0. The topological polar surface area (TPSA) is 68.2 Å². The van der Waals surface area contributed by atoms with Gasteiger partial charge in [0.15, 0.2) is 0 Å². The minimum Gasteiger partial charge on any atom is -0.418 e. The second-order valence-electron chi connectivity index (χ2n) is 8.29. The van der Waals surface area contributed by atoms with E-state index in [9.17, 15) is 9.79 Å². The fourth-order valence-corrected chi connectivity index (χ4v) is 3.68. The van der Waals surface area contributed by atoms with Crippen molar-refractivity contribution < 1.29 is 23.1 Å². The molecule has 0 aromatic heterocycles. The SMILES string of the molecule is CC(C)(C)c1ccc(OP(Oc2ccc(C(C)(C)C)cc2)OP(O)O)cc1. The average Bonchev–Trinajstić information content (AvgIpc) is 2.53. The maximum Gasteiger partial charge on any atom is 0.470 e. The minimum absolute atomic E-state index is 0.0373. The largest absolute Gasteiger partial charge is 0.470 e. The highest BCUT2D eigenvalue weighted by molar-refractivity contribution is 7.55. The fourth-order valence-electron chi connectivity index (χ4n) is 2.32. The summed E-state index contributed by atoms with van der Waals surface area (Å²) < 4.78 is 16.5. The van der Waals surface area contributed by atoms with Crippen molar-refractivity contribution >= 4 is 17.2 Å². The Hall–Kier alpha value is -1.22. The van der Waals surface area contributed by atoms with Crippen LogP contribution in [-0.2, 0) is 15.1 Å². The lowest BCUT2D eigenvalue weighted by atomic mass is 9.87. The Kier molecular flexibility index (Phi) is 7.24. The van der Waals surface area contributed by atoms with E-state index in [4.69, 9.17) is 13.4 Å². The highest BCUT2D eigenvalue weighted by Gasteiger charge is 2.23. The van der Waals surface area contributed by atoms with Gasteiger partial charge in [-0.15, -0.1) is 0 Å². The van der Waals surface area contributed by atoms with E-state index in [2.05, 4.69) is 41.5 Å². The standard InChI is InChI=1S/C20H28O5P2/c1-19(2,3)15-7-11-17(12-8-15)23-27(25-26(21)22)24-18-13-9-16(10-14-18)20(4,5)6/h7-14,21-22H,1-6H3. The smallest absolute Gasteiger partial charge is 0.418 e. The predicted octanol–water partition coefficient (Wildman–Crippen LogP) is 6.19. The van der Waals surface area contributed by atoms with Crippen LogP contribution in [0.2, 0.25) is 0 Å². The lowest BCUT2D eigenvalue weighted by Gasteiger charge is -2.21. The van der Waals surface area contributed by atoms with Crippen LogP contribution in [-0.4, -0.2) is 9.79 Å². The van der Waals surface area contributed by atoms with Crippen LogP contribution in [0.3, 0.4) is 0 Å². The molecule has 0 spiro atoms. The van der Waals surface area contributed by atoms with Crippen molar-refractivity contribution in [1.82, 2.24) is 0 Å². The number of hydrogen-bond donors (Lipinski definition) is 2. The summed E-state index contributed by atoms with van der Waals surface area (Å²) in [6.45, 7) is 12.8. The van der Waals surface area contributed by atoms with Crippen molar-refractivity contribution in [2.45, 2.75) is 52.4 Å². The minimum atomic E-state index is -2.60. The Balaban J connectivity index is 2.11. The van der Waals surface area contributed by atoms with Crippen LogP contribution in [0.5, 0.6) is 11.5 Å². The molecule has 2 rings (SSSR count). The molecule has 0 fully saturated rings. The molecule has 0 saturated carbocycles. The molecule has 2 N–H and O–H groups in total. The Morgan fingerprint density at radius 1 is 0.630 bits per heavy atom. The van der Waals surface area contributed by atoms with Gasteiger partial charge in [0.2, 0.25) is 0 Å². The van der Waals surface area contributed by atoms with Gasteiger partial charge in [-0.2, -0.15) is 0 Å². The summed E-state index contributed by atoms with van der Waals surface area (Å²) in [7, 11) is -4.60. The molecule has 7 heteroatoms. The van der Waals surface area contributed by atoms with Gasteiger partial charge in [-0.3, -0.25) is 0 Å². The van der Waals surface area contributed by atoms with E-state index >= 15 is 0 Å². The van der Waals surface area contributed by atoms with E-state index in [1.165, 1.54) is 11.1 Å². The highest BCUT2D eigenvalue weighted by Crippen LogP contribution is 2.50. The van der Waals surface area contributed by atoms with E-state index in [1.807, 2.05) is 48.5 Å². The van der Waals surface area contributed by atoms with Gasteiger partial charge in [-0.1, -0.05) is 65.8 Å². The van der Waals surface area contributed by atoms with Gasteiger partial charge in [0.05, 0.1) is 0 Å². The molecular formula is C20H28O5P2. The molecule has 148 valence electrons. The fraction of sp³-hybridized carbons (Fsp3) is 0.400. The van der Waals surface area contributed by atoms with E-state index in [-0.39, 0.29) is 10.8 Å². The molecule has 0 aliphatic heterocycles. The van der Waals surface area contributed by atoms with Crippen LogP contribution < -0.4 is 9.05 Å². The molecule has 27 heavy (non-hydrogen) atoms. The van der Waals surface area contributed by atoms with Gasteiger partial charge in [0.1, 0.15) is 11.5 Å². The molecular weight excluding hydrogens is 382 g/mol. The summed E-state index contributed by atoms with van der Waals surface area (Å²) >= 11 is 0. The first-order chi connectivity index (χ1) is 12.4. The zero-order valence-electron chi connectivity index (χ0n) is 16.6. The van der Waals surface area contributed by atoms with Crippen molar-refractivity contribution in [3.8, 4) is 11.5 Å². The molecule has 0 aliphatic rings. The molecule has 0 amide bonds. The van der Waals surface area contributed by atoms with Gasteiger partial charge in [0.25, 0.3) is 0 Å². The number of hydrogen-bond acceptors (Lipinski definition) is 5. The third-order valence-electron chi connectivity index (χ3n) is 3.94. The Morgan fingerprint density at radius 3 is 1.22 bits per heavy atom. The van der Waals surface area contributed by atoms with Crippen molar-refractivity contribution in [2.75, 3.05) is 0 Å². The van der Waals surface area contributed by atoms with Crippen LogP contribution in [0, 0.1) is 0 Å². The first-order valence-electron chi connectivity index (χ1n) is 8.68. The maximum absolute atomic E-state index is 9.23. The van der Waals surface area contributed by atoms with Gasteiger partial charge in [-0.25, -0.2) is 4.31 Å². The zero-order chi connectivity index (χ0) is 20.2. The van der Waals surface area contributed by atoms with Crippen LogP contribution in [0.1, 0.15) is 52.7 Å².